The van der Waals surface area contributed by atoms with Crippen molar-refractivity contribution in [3.63, 3.8) is 0 Å². The van der Waals surface area contributed by atoms with Gasteiger partial charge in [0.15, 0.2) is 9.84 Å². The molecule has 1 unspecified atom stereocenters. The van der Waals surface area contributed by atoms with Crippen molar-refractivity contribution >= 4 is 27.2 Å². The first-order valence-electron chi connectivity index (χ1n) is 11.0. The highest BCUT2D eigenvalue weighted by Crippen LogP contribution is 2.49. The van der Waals surface area contributed by atoms with E-state index < -0.39 is 45.4 Å². The first-order chi connectivity index (χ1) is 17.1. The maximum absolute atomic E-state index is 13.4. The monoisotopic (exact) mass is 547 g/mol. The fourth-order valence-corrected chi connectivity index (χ4v) is 5.02. The Morgan fingerprint density at radius 1 is 1.19 bits per heavy atom. The molecule has 1 atom stereocenters. The summed E-state index contributed by atoms with van der Waals surface area (Å²) in [6.07, 6.45) is -4.23. The van der Waals surface area contributed by atoms with Crippen molar-refractivity contribution in [1.82, 2.24) is 9.47 Å². The Hall–Kier alpha value is -3.42. The number of carbonyl (C=O) groups excluding carboxylic acids is 2. The fourth-order valence-electron chi connectivity index (χ4n) is 4.11. The number of fused-ring (bicyclic) bond motifs is 1. The molecule has 200 valence electrons. The van der Waals surface area contributed by atoms with Crippen LogP contribution in [0.2, 0.25) is 0 Å². The number of alkyl halides is 5. The van der Waals surface area contributed by atoms with Crippen LogP contribution >= 0.6 is 0 Å². The van der Waals surface area contributed by atoms with Crippen molar-refractivity contribution in [3.8, 4) is 5.75 Å². The van der Waals surface area contributed by atoms with E-state index in [9.17, 15) is 40.0 Å². The average Bonchev–Trinajstić information content (AvgIpc) is 3.24. The highest BCUT2D eigenvalue weighted by Gasteiger charge is 2.57. The van der Waals surface area contributed by atoms with Crippen molar-refractivity contribution in [2.45, 2.75) is 36.9 Å². The maximum Gasteiger partial charge on any atom is 0.472 e. The van der Waals surface area contributed by atoms with Gasteiger partial charge in [0.05, 0.1) is 35.4 Å². The Balaban J connectivity index is 1.90. The van der Waals surface area contributed by atoms with Gasteiger partial charge in [-0.3, -0.25) is 14.2 Å². The van der Waals surface area contributed by atoms with Crippen LogP contribution < -0.4 is 10.5 Å². The van der Waals surface area contributed by atoms with Crippen LogP contribution in [0, 0.1) is 5.92 Å². The number of benzene rings is 1. The van der Waals surface area contributed by atoms with Crippen molar-refractivity contribution < 1.29 is 44.7 Å². The van der Waals surface area contributed by atoms with Crippen molar-refractivity contribution in [2.24, 2.45) is 11.7 Å². The lowest BCUT2D eigenvalue weighted by atomic mass is 9.95. The molecule has 4 rings (SSSR count). The van der Waals surface area contributed by atoms with Crippen LogP contribution in [0.4, 0.5) is 22.0 Å². The fraction of sp³-hybridized carbons (Fsp3) is 0.391. The van der Waals surface area contributed by atoms with Crippen molar-refractivity contribution in [2.75, 3.05) is 19.4 Å². The molecule has 2 N–H and O–H groups in total. The molecule has 2 heterocycles. The molecule has 0 saturated heterocycles. The van der Waals surface area contributed by atoms with E-state index in [0.717, 1.165) is 6.07 Å². The van der Waals surface area contributed by atoms with E-state index in [4.69, 9.17) is 10.5 Å². The minimum Gasteiger partial charge on any atom is -0.492 e. The van der Waals surface area contributed by atoms with Gasteiger partial charge >= 0.3 is 12.1 Å². The van der Waals surface area contributed by atoms with Crippen LogP contribution in [-0.2, 0) is 16.4 Å². The first-order valence-corrected chi connectivity index (χ1v) is 12.7. The number of amides is 1. The van der Waals surface area contributed by atoms with Gasteiger partial charge in [-0.25, -0.2) is 17.2 Å². The van der Waals surface area contributed by atoms with Gasteiger partial charge in [-0.05, 0) is 24.3 Å². The standard InChI is InChI=1S/C23H22F5N3O5S/c1-3-37(34,35)13-4-5-19(36-11-12-8-22(12,24)25)15(6-13)16-9-30(2)10-18-14(16)7-17(20(29)32)31(18)21(33)23(26,27)28/h4-7,9,12H,3,8,10-11H2,1-2H3,(H2,29,32). The van der Waals surface area contributed by atoms with Gasteiger partial charge in [0.1, 0.15) is 11.4 Å². The molecule has 1 fully saturated rings. The number of halogens is 5. The summed E-state index contributed by atoms with van der Waals surface area (Å²) in [5.74, 6) is -7.79. The molecular formula is C23H22F5N3O5S. The maximum atomic E-state index is 13.4. The molecule has 8 nitrogen and oxygen atoms in total. The summed E-state index contributed by atoms with van der Waals surface area (Å²) in [6.45, 7) is 0.823. The van der Waals surface area contributed by atoms with Gasteiger partial charge in [0, 0.05) is 36.4 Å². The van der Waals surface area contributed by atoms with Crippen molar-refractivity contribution in [3.05, 3.63) is 53.0 Å². The predicted molar refractivity (Wildman–Crippen MR) is 121 cm³/mol. The second-order valence-electron chi connectivity index (χ2n) is 8.88. The van der Waals surface area contributed by atoms with E-state index in [1.54, 1.807) is 0 Å². The van der Waals surface area contributed by atoms with Crippen LogP contribution in [0.3, 0.4) is 0 Å². The van der Waals surface area contributed by atoms with E-state index in [0.29, 0.717) is 0 Å². The van der Waals surface area contributed by atoms with E-state index in [-0.39, 0.29) is 62.9 Å². The number of nitrogens with two attached hydrogens (primary N) is 1. The molecule has 2 aliphatic rings. The number of primary amides is 1. The summed E-state index contributed by atoms with van der Waals surface area (Å²) < 4.78 is 97.9. The molecule has 1 amide bonds. The van der Waals surface area contributed by atoms with E-state index >= 15 is 0 Å². The molecule has 2 aromatic rings. The topological polar surface area (TPSA) is 112 Å². The number of hydrogen-bond acceptors (Lipinski definition) is 6. The molecule has 0 spiro atoms. The molecular weight excluding hydrogens is 525 g/mol. The molecule has 1 saturated carbocycles. The number of nitrogens with zero attached hydrogens (tertiary/aromatic N) is 2. The van der Waals surface area contributed by atoms with Gasteiger partial charge < -0.3 is 15.4 Å². The molecule has 1 aromatic carbocycles. The third-order valence-electron chi connectivity index (χ3n) is 6.22. The lowest BCUT2D eigenvalue weighted by Gasteiger charge is -2.26. The minimum atomic E-state index is -5.32. The number of ether oxygens (including phenoxy) is 1. The summed E-state index contributed by atoms with van der Waals surface area (Å²) in [7, 11) is -2.27. The van der Waals surface area contributed by atoms with Gasteiger partial charge in [0.2, 0.25) is 0 Å². The Morgan fingerprint density at radius 2 is 1.84 bits per heavy atom. The van der Waals surface area contributed by atoms with Crippen LogP contribution in [0.15, 0.2) is 35.4 Å². The van der Waals surface area contributed by atoms with Crippen LogP contribution in [0.25, 0.3) is 5.57 Å². The Kier molecular flexibility index (Phi) is 6.37. The number of aromatic nitrogens is 1. The Morgan fingerprint density at radius 3 is 2.38 bits per heavy atom. The first kappa shape index (κ1) is 26.6. The molecule has 0 bridgehead atoms. The smallest absolute Gasteiger partial charge is 0.472 e. The second kappa shape index (κ2) is 8.85. The normalized spacial score (nSPS) is 18.7. The molecule has 1 aromatic heterocycles. The molecule has 1 aliphatic heterocycles. The van der Waals surface area contributed by atoms with E-state index in [2.05, 4.69) is 0 Å². The number of carbonyl (C=O) groups is 2. The van der Waals surface area contributed by atoms with Crippen molar-refractivity contribution in [1.29, 1.82) is 0 Å². The number of sulfone groups is 1. The number of rotatable bonds is 7. The molecule has 0 radical (unpaired) electrons. The van der Waals surface area contributed by atoms with Crippen LogP contribution in [0.1, 0.15) is 45.4 Å². The third kappa shape index (κ3) is 4.93. The lowest BCUT2D eigenvalue weighted by molar-refractivity contribution is -0.0949. The Labute approximate surface area is 208 Å². The lowest BCUT2D eigenvalue weighted by Crippen LogP contribution is -2.35. The molecule has 14 heteroatoms. The van der Waals surface area contributed by atoms with Crippen LogP contribution in [-0.4, -0.2) is 61.2 Å². The zero-order chi connectivity index (χ0) is 27.5. The summed E-state index contributed by atoms with van der Waals surface area (Å²) in [6, 6.07) is 4.76. The Bertz CT molecular complexity index is 1430. The van der Waals surface area contributed by atoms with E-state index in [1.165, 1.54) is 43.3 Å². The predicted octanol–water partition coefficient (Wildman–Crippen LogP) is 3.45. The highest BCUT2D eigenvalue weighted by molar-refractivity contribution is 7.91. The summed E-state index contributed by atoms with van der Waals surface area (Å²) >= 11 is 0. The largest absolute Gasteiger partial charge is 0.492 e. The van der Waals surface area contributed by atoms with Crippen LogP contribution in [0.5, 0.6) is 5.75 Å². The quantitative estimate of drug-likeness (QED) is 0.532. The summed E-state index contributed by atoms with van der Waals surface area (Å²) in [5.41, 5.74) is 4.55. The highest BCUT2D eigenvalue weighted by atomic mass is 32.2. The zero-order valence-corrected chi connectivity index (χ0v) is 20.4. The average molecular weight is 548 g/mol. The third-order valence-corrected chi connectivity index (χ3v) is 7.95. The number of hydrogen-bond donors (Lipinski definition) is 1. The minimum absolute atomic E-state index is 0.000718. The second-order valence-corrected chi connectivity index (χ2v) is 11.2. The van der Waals surface area contributed by atoms with Gasteiger partial charge in [-0.1, -0.05) is 6.92 Å². The molecule has 1 aliphatic carbocycles. The SMILES string of the molecule is CCS(=O)(=O)c1ccc(OCC2CC2(F)F)c(C2=CN(C)Cc3c2cc(C(N)=O)n3C(=O)C(F)(F)F)c1. The zero-order valence-electron chi connectivity index (χ0n) is 19.6. The van der Waals surface area contributed by atoms with Gasteiger partial charge in [-0.15, -0.1) is 0 Å². The molecule has 37 heavy (non-hydrogen) atoms. The van der Waals surface area contributed by atoms with Gasteiger partial charge in [-0.2, -0.15) is 13.2 Å². The van der Waals surface area contributed by atoms with E-state index in [1.807, 2.05) is 0 Å². The van der Waals surface area contributed by atoms with Gasteiger partial charge in [0.25, 0.3) is 11.8 Å². The summed E-state index contributed by atoms with van der Waals surface area (Å²) in [5, 5.41) is 0. The summed E-state index contributed by atoms with van der Waals surface area (Å²) in [4.78, 5) is 25.5.